The number of aryl methyl sites for hydroxylation is 3. The fourth-order valence-corrected chi connectivity index (χ4v) is 6.95. The first-order valence-corrected chi connectivity index (χ1v) is 18.2. The summed E-state index contributed by atoms with van der Waals surface area (Å²) in [7, 11) is 3.55. The van der Waals surface area contributed by atoms with Gasteiger partial charge >= 0.3 is 0 Å². The van der Waals surface area contributed by atoms with E-state index in [2.05, 4.69) is 20.6 Å². The maximum Gasteiger partial charge on any atom is 0.272 e. The number of imidazole rings is 1. The zero-order chi connectivity index (χ0) is 37.8. The molecule has 12 nitrogen and oxygen atoms in total. The third-order valence-electron chi connectivity index (χ3n) is 9.84. The van der Waals surface area contributed by atoms with Crippen molar-refractivity contribution in [3.63, 3.8) is 0 Å². The van der Waals surface area contributed by atoms with Crippen LogP contribution in [0.1, 0.15) is 74.7 Å². The maximum atomic E-state index is 13.2. The van der Waals surface area contributed by atoms with Gasteiger partial charge in [0.25, 0.3) is 11.8 Å². The molecule has 2 aromatic heterocycles. The van der Waals surface area contributed by atoms with E-state index < -0.39 is 0 Å². The van der Waals surface area contributed by atoms with Crippen LogP contribution in [-0.2, 0) is 25.3 Å². The fraction of sp³-hybridized carbons (Fsp3) is 0.286. The number of nitrogens with one attached hydrogen (secondary N) is 2. The van der Waals surface area contributed by atoms with Gasteiger partial charge in [-0.05, 0) is 73.6 Å². The molecule has 3 amide bonds. The van der Waals surface area contributed by atoms with Gasteiger partial charge in [-0.15, -0.1) is 0 Å². The second-order valence-electron chi connectivity index (χ2n) is 13.9. The Hall–Kier alpha value is -6.30. The molecule has 54 heavy (non-hydrogen) atoms. The molecule has 1 atom stereocenters. The largest absolute Gasteiger partial charge is 0.493 e. The van der Waals surface area contributed by atoms with E-state index in [9.17, 15) is 19.2 Å². The number of fused-ring (bicyclic) bond motifs is 2. The van der Waals surface area contributed by atoms with Gasteiger partial charge in [0.2, 0.25) is 11.7 Å². The Morgan fingerprint density at radius 2 is 1.70 bits per heavy atom. The van der Waals surface area contributed by atoms with Crippen LogP contribution in [-0.4, -0.2) is 67.9 Å². The zero-order valence-electron chi connectivity index (χ0n) is 30.7. The van der Waals surface area contributed by atoms with E-state index in [1.807, 2.05) is 104 Å². The average Bonchev–Trinajstić information content (AvgIpc) is 3.71. The molecule has 0 spiro atoms. The predicted molar refractivity (Wildman–Crippen MR) is 208 cm³/mol. The van der Waals surface area contributed by atoms with Gasteiger partial charge in [0, 0.05) is 69.4 Å². The normalized spacial score (nSPS) is 14.9. The van der Waals surface area contributed by atoms with Gasteiger partial charge in [-0.1, -0.05) is 42.5 Å². The Labute approximate surface area is 313 Å². The van der Waals surface area contributed by atoms with E-state index in [1.165, 1.54) is 0 Å². The number of para-hydroxylation sites is 1. The molecule has 0 unspecified atom stereocenters. The van der Waals surface area contributed by atoms with Crippen molar-refractivity contribution in [3.05, 3.63) is 113 Å². The highest BCUT2D eigenvalue weighted by Crippen LogP contribution is 2.34. The summed E-state index contributed by atoms with van der Waals surface area (Å²) in [5.74, 6) is 0.576. The van der Waals surface area contributed by atoms with Gasteiger partial charge in [-0.3, -0.25) is 24.2 Å². The topological polar surface area (TPSA) is 140 Å². The summed E-state index contributed by atoms with van der Waals surface area (Å²) >= 11 is 0. The number of anilines is 2. The number of ether oxygens (including phenoxy) is 1. The number of hydrogen-bond acceptors (Lipinski definition) is 7. The summed E-state index contributed by atoms with van der Waals surface area (Å²) in [6, 6.07) is 22.5. The van der Waals surface area contributed by atoms with Crippen LogP contribution in [0.4, 0.5) is 17.2 Å². The van der Waals surface area contributed by atoms with E-state index in [0.29, 0.717) is 41.5 Å². The standard InChI is InChI=1S/C42H43N7O5/c1-27-20-33-34(43-24-32-12-7-8-18-49(32)42(33)53)23-37(27)54-19-9-13-39(51)45-38-26-48(3)40(46-38)36(50)21-28-14-16-29(17-15-28)30-22-35(47(2)25-30)41(52)44-31-10-5-4-6-11-31/h4-6,10-11,14-17,20,22-26,32H,7-9,12-13,18-19,21H2,1-3H3,(H,44,52)(H,45,51)/t32-/m0/s1. The van der Waals surface area contributed by atoms with Crippen LogP contribution < -0.4 is 15.4 Å². The summed E-state index contributed by atoms with van der Waals surface area (Å²) in [4.78, 5) is 63.0. The van der Waals surface area contributed by atoms with Gasteiger partial charge in [-0.2, -0.15) is 0 Å². The molecule has 0 aliphatic carbocycles. The summed E-state index contributed by atoms with van der Waals surface area (Å²) in [6.45, 7) is 2.96. The first kappa shape index (κ1) is 36.1. The van der Waals surface area contributed by atoms with Crippen molar-refractivity contribution in [3.8, 4) is 16.9 Å². The molecule has 0 saturated carbocycles. The third kappa shape index (κ3) is 8.02. The van der Waals surface area contributed by atoms with Crippen LogP contribution in [0.5, 0.6) is 5.75 Å². The van der Waals surface area contributed by atoms with Crippen molar-refractivity contribution in [2.24, 2.45) is 19.1 Å². The second kappa shape index (κ2) is 15.7. The quantitative estimate of drug-likeness (QED) is 0.106. The molecule has 276 valence electrons. The molecular formula is C42H43N7O5. The number of aromatic nitrogens is 3. The van der Waals surface area contributed by atoms with Crippen LogP contribution in [0.25, 0.3) is 11.1 Å². The van der Waals surface area contributed by atoms with Crippen LogP contribution in [0, 0.1) is 6.92 Å². The van der Waals surface area contributed by atoms with Gasteiger partial charge in [0.15, 0.2) is 11.6 Å². The fourth-order valence-electron chi connectivity index (χ4n) is 6.95. The van der Waals surface area contributed by atoms with Gasteiger partial charge < -0.3 is 29.4 Å². The number of carbonyl (C=O) groups is 4. The van der Waals surface area contributed by atoms with Crippen molar-refractivity contribution in [2.75, 3.05) is 23.8 Å². The molecule has 0 radical (unpaired) electrons. The number of aliphatic imine (C=N–C) groups is 1. The van der Waals surface area contributed by atoms with E-state index in [-0.39, 0.29) is 48.2 Å². The Kier molecular flexibility index (Phi) is 10.5. The molecule has 1 saturated heterocycles. The first-order chi connectivity index (χ1) is 26.1. The lowest BCUT2D eigenvalue weighted by molar-refractivity contribution is -0.116. The van der Waals surface area contributed by atoms with E-state index in [4.69, 9.17) is 4.74 Å². The van der Waals surface area contributed by atoms with Crippen molar-refractivity contribution < 1.29 is 23.9 Å². The number of hydrogen-bond donors (Lipinski definition) is 2. The lowest BCUT2D eigenvalue weighted by Crippen LogP contribution is -2.43. The molecule has 1 fully saturated rings. The Morgan fingerprint density at radius 1 is 0.907 bits per heavy atom. The molecule has 4 heterocycles. The Bertz CT molecular complexity index is 2240. The summed E-state index contributed by atoms with van der Waals surface area (Å²) in [5, 5.41) is 5.71. The molecule has 2 aliphatic heterocycles. The third-order valence-corrected chi connectivity index (χ3v) is 9.84. The predicted octanol–water partition coefficient (Wildman–Crippen LogP) is 6.92. The van der Waals surface area contributed by atoms with Gasteiger partial charge in [0.1, 0.15) is 11.4 Å². The maximum absolute atomic E-state index is 13.2. The summed E-state index contributed by atoms with van der Waals surface area (Å²) < 4.78 is 9.42. The minimum atomic E-state index is -0.238. The van der Waals surface area contributed by atoms with E-state index in [0.717, 1.165) is 53.7 Å². The average molecular weight is 726 g/mol. The Balaban J connectivity index is 0.892. The number of piperidine rings is 1. The number of ketones is 1. The number of benzene rings is 3. The highest BCUT2D eigenvalue weighted by Gasteiger charge is 2.30. The monoisotopic (exact) mass is 725 g/mol. The molecule has 3 aromatic carbocycles. The van der Waals surface area contributed by atoms with Crippen LogP contribution in [0.3, 0.4) is 0 Å². The lowest BCUT2D eigenvalue weighted by atomic mass is 10.0. The zero-order valence-corrected chi connectivity index (χ0v) is 30.7. The van der Waals surface area contributed by atoms with E-state index in [1.54, 1.807) is 22.4 Å². The minimum Gasteiger partial charge on any atom is -0.493 e. The van der Waals surface area contributed by atoms with Gasteiger partial charge in [0.05, 0.1) is 23.9 Å². The molecule has 2 aliphatic rings. The molecule has 12 heteroatoms. The second-order valence-corrected chi connectivity index (χ2v) is 13.9. The van der Waals surface area contributed by atoms with E-state index >= 15 is 0 Å². The number of amides is 3. The number of rotatable bonds is 12. The molecule has 2 N–H and O–H groups in total. The Morgan fingerprint density at radius 3 is 2.50 bits per heavy atom. The van der Waals surface area contributed by atoms with Crippen molar-refractivity contribution in [1.82, 2.24) is 19.0 Å². The van der Waals surface area contributed by atoms with Crippen LogP contribution in [0.15, 0.2) is 90.2 Å². The first-order valence-electron chi connectivity index (χ1n) is 18.2. The van der Waals surface area contributed by atoms with Crippen molar-refractivity contribution in [1.29, 1.82) is 0 Å². The summed E-state index contributed by atoms with van der Waals surface area (Å²) in [5.41, 5.74) is 5.92. The molecule has 7 rings (SSSR count). The highest BCUT2D eigenvalue weighted by molar-refractivity contribution is 6.04. The SMILES string of the molecule is Cc1cc2c(cc1OCCCC(=O)Nc1cn(C)c(C(=O)Cc3ccc(-c4cc(C(=O)Nc5ccccc5)n(C)c4)cc3)n1)N=C[C@@H]1CCCCN1C2=O. The number of carbonyl (C=O) groups excluding carboxylic acids is 4. The van der Waals surface area contributed by atoms with Crippen molar-refractivity contribution >= 4 is 46.9 Å². The summed E-state index contributed by atoms with van der Waals surface area (Å²) in [6.07, 6.45) is 9.21. The lowest BCUT2D eigenvalue weighted by Gasteiger charge is -2.32. The van der Waals surface area contributed by atoms with Crippen LogP contribution >= 0.6 is 0 Å². The van der Waals surface area contributed by atoms with Crippen molar-refractivity contribution in [2.45, 2.75) is 51.5 Å². The number of Topliss-reactive ketones (excluding diaryl/α,β-unsaturated/α-hetero) is 1. The van der Waals surface area contributed by atoms with Gasteiger partial charge in [-0.25, -0.2) is 4.98 Å². The molecular weight excluding hydrogens is 683 g/mol. The number of nitrogens with zero attached hydrogens (tertiary/aromatic N) is 5. The molecule has 5 aromatic rings. The minimum absolute atomic E-state index is 0.0121. The highest BCUT2D eigenvalue weighted by atomic mass is 16.5. The van der Waals surface area contributed by atoms with Crippen LogP contribution in [0.2, 0.25) is 0 Å². The smallest absolute Gasteiger partial charge is 0.272 e. The molecule has 0 bridgehead atoms.